The van der Waals surface area contributed by atoms with Gasteiger partial charge in [-0.15, -0.1) is 23.1 Å². The maximum absolute atomic E-state index is 11.5. The van der Waals surface area contributed by atoms with Crippen molar-refractivity contribution in [3.63, 3.8) is 0 Å². The van der Waals surface area contributed by atoms with Gasteiger partial charge in [-0.1, -0.05) is 12.1 Å². The van der Waals surface area contributed by atoms with Gasteiger partial charge in [-0.05, 0) is 18.6 Å². The van der Waals surface area contributed by atoms with Crippen LogP contribution in [0.15, 0.2) is 29.3 Å². The van der Waals surface area contributed by atoms with Gasteiger partial charge in [-0.3, -0.25) is 4.79 Å². The molecule has 0 aliphatic carbocycles. The van der Waals surface area contributed by atoms with Gasteiger partial charge in [0, 0.05) is 30.3 Å². The molecule has 1 saturated heterocycles. The molecule has 4 nitrogen and oxygen atoms in total. The number of carbonyl (C=O) groups excluding carboxylic acids is 1. The van der Waals surface area contributed by atoms with E-state index in [1.165, 1.54) is 10.3 Å². The molecule has 0 spiro atoms. The smallest absolute Gasteiger partial charge is 0.221 e. The van der Waals surface area contributed by atoms with Crippen LogP contribution in [0.4, 0.5) is 0 Å². The van der Waals surface area contributed by atoms with Crippen LogP contribution in [0.25, 0.3) is 15.8 Å². The molecule has 1 amide bonds. The monoisotopic (exact) mass is 332 g/mol. The van der Waals surface area contributed by atoms with Crippen molar-refractivity contribution in [2.24, 2.45) is 5.92 Å². The SMILES string of the molecule is CC(=O)NC1=C(c2nc3ccccc3s2)C2CCOCC2S1. The van der Waals surface area contributed by atoms with Gasteiger partial charge < -0.3 is 10.1 Å². The lowest BCUT2D eigenvalue weighted by atomic mass is 9.92. The number of nitrogens with zero attached hydrogens (tertiary/aromatic N) is 1. The van der Waals surface area contributed by atoms with E-state index in [2.05, 4.69) is 11.4 Å². The number of para-hydroxylation sites is 1. The van der Waals surface area contributed by atoms with Crippen LogP contribution in [-0.2, 0) is 9.53 Å². The number of aromatic nitrogens is 1. The minimum atomic E-state index is -0.0272. The van der Waals surface area contributed by atoms with E-state index in [1.54, 1.807) is 30.0 Å². The zero-order valence-corrected chi connectivity index (χ0v) is 13.8. The quantitative estimate of drug-likeness (QED) is 0.917. The molecule has 2 aromatic rings. The molecule has 2 atom stereocenters. The lowest BCUT2D eigenvalue weighted by Crippen LogP contribution is -2.27. The molecule has 4 rings (SSSR count). The molecule has 22 heavy (non-hydrogen) atoms. The second-order valence-electron chi connectivity index (χ2n) is 5.54. The summed E-state index contributed by atoms with van der Waals surface area (Å²) in [6.45, 7) is 3.08. The minimum Gasteiger partial charge on any atom is -0.380 e. The summed E-state index contributed by atoms with van der Waals surface area (Å²) >= 11 is 3.43. The molecule has 1 aromatic carbocycles. The highest BCUT2D eigenvalue weighted by Crippen LogP contribution is 2.50. The van der Waals surface area contributed by atoms with Crippen molar-refractivity contribution in [3.05, 3.63) is 34.3 Å². The molecule has 2 unspecified atom stereocenters. The highest BCUT2D eigenvalue weighted by Gasteiger charge is 2.40. The Labute approximate surface area is 137 Å². The third-order valence-corrected chi connectivity index (χ3v) is 6.40. The van der Waals surface area contributed by atoms with Crippen molar-refractivity contribution in [1.82, 2.24) is 10.3 Å². The third kappa shape index (κ3) is 2.45. The Kier molecular flexibility index (Phi) is 3.68. The Hall–Kier alpha value is -1.37. The Balaban J connectivity index is 1.80. The summed E-state index contributed by atoms with van der Waals surface area (Å²) in [6, 6.07) is 8.18. The normalized spacial score (nSPS) is 24.6. The maximum atomic E-state index is 11.5. The number of rotatable bonds is 2. The molecular formula is C16H16N2O2S2. The lowest BCUT2D eigenvalue weighted by molar-refractivity contribution is -0.118. The number of thiazole rings is 1. The fraction of sp³-hybridized carbons (Fsp3) is 0.375. The summed E-state index contributed by atoms with van der Waals surface area (Å²) in [4.78, 5) is 16.3. The van der Waals surface area contributed by atoms with E-state index < -0.39 is 0 Å². The van der Waals surface area contributed by atoms with Crippen LogP contribution < -0.4 is 5.32 Å². The van der Waals surface area contributed by atoms with Gasteiger partial charge in [0.25, 0.3) is 0 Å². The number of carbonyl (C=O) groups is 1. The Morgan fingerprint density at radius 3 is 3.09 bits per heavy atom. The zero-order chi connectivity index (χ0) is 15.1. The van der Waals surface area contributed by atoms with Crippen LogP contribution in [0.1, 0.15) is 18.4 Å². The number of ether oxygens (including phenoxy) is 1. The van der Waals surface area contributed by atoms with E-state index in [-0.39, 0.29) is 5.91 Å². The summed E-state index contributed by atoms with van der Waals surface area (Å²) in [5.41, 5.74) is 2.23. The largest absolute Gasteiger partial charge is 0.380 e. The summed E-state index contributed by atoms with van der Waals surface area (Å²) in [5.74, 6) is 0.391. The number of nitrogens with one attached hydrogen (secondary N) is 1. The molecule has 2 aliphatic heterocycles. The minimum absolute atomic E-state index is 0.0272. The van der Waals surface area contributed by atoms with E-state index in [0.717, 1.165) is 35.2 Å². The maximum Gasteiger partial charge on any atom is 0.221 e. The number of amides is 1. The molecule has 0 bridgehead atoms. The predicted octanol–water partition coefficient (Wildman–Crippen LogP) is 3.25. The third-order valence-electron chi connectivity index (χ3n) is 4.00. The first-order valence-corrected chi connectivity index (χ1v) is 9.04. The first-order valence-electron chi connectivity index (χ1n) is 7.34. The van der Waals surface area contributed by atoms with Crippen molar-refractivity contribution in [1.29, 1.82) is 0 Å². The van der Waals surface area contributed by atoms with Crippen LogP contribution >= 0.6 is 23.1 Å². The van der Waals surface area contributed by atoms with Crippen LogP contribution in [0, 0.1) is 5.92 Å². The first kappa shape index (κ1) is 14.2. The van der Waals surface area contributed by atoms with E-state index >= 15 is 0 Å². The molecule has 6 heteroatoms. The highest BCUT2D eigenvalue weighted by molar-refractivity contribution is 8.04. The van der Waals surface area contributed by atoms with E-state index in [1.807, 2.05) is 18.2 Å². The summed E-state index contributed by atoms with van der Waals surface area (Å²) in [5, 5.41) is 5.39. The summed E-state index contributed by atoms with van der Waals surface area (Å²) < 4.78 is 6.79. The average Bonchev–Trinajstić information content (AvgIpc) is 3.06. The molecule has 1 aromatic heterocycles. The number of hydrogen-bond donors (Lipinski definition) is 1. The fourth-order valence-corrected chi connectivity index (χ4v) is 5.67. The van der Waals surface area contributed by atoms with Crippen LogP contribution in [-0.4, -0.2) is 29.4 Å². The number of thioether (sulfide) groups is 1. The molecule has 2 aliphatic rings. The van der Waals surface area contributed by atoms with Crippen molar-refractivity contribution in [3.8, 4) is 0 Å². The Bertz CT molecular complexity index is 735. The van der Waals surface area contributed by atoms with Crippen LogP contribution in [0.3, 0.4) is 0 Å². The second-order valence-corrected chi connectivity index (χ2v) is 7.82. The van der Waals surface area contributed by atoms with Crippen LogP contribution in [0.2, 0.25) is 0 Å². The topological polar surface area (TPSA) is 51.2 Å². The Morgan fingerprint density at radius 2 is 2.27 bits per heavy atom. The zero-order valence-electron chi connectivity index (χ0n) is 12.2. The van der Waals surface area contributed by atoms with E-state index in [4.69, 9.17) is 9.72 Å². The number of benzene rings is 1. The van der Waals surface area contributed by atoms with Gasteiger partial charge in [0.2, 0.25) is 5.91 Å². The van der Waals surface area contributed by atoms with Crippen LogP contribution in [0.5, 0.6) is 0 Å². The first-order chi connectivity index (χ1) is 10.7. The van der Waals surface area contributed by atoms with Crippen molar-refractivity contribution in [2.45, 2.75) is 18.6 Å². The van der Waals surface area contributed by atoms with Crippen molar-refractivity contribution in [2.75, 3.05) is 13.2 Å². The average molecular weight is 332 g/mol. The molecule has 0 radical (unpaired) electrons. The van der Waals surface area contributed by atoms with Gasteiger partial charge in [0.05, 0.1) is 21.9 Å². The highest BCUT2D eigenvalue weighted by atomic mass is 32.2. The van der Waals surface area contributed by atoms with Crippen molar-refractivity contribution < 1.29 is 9.53 Å². The molecular weight excluding hydrogens is 316 g/mol. The molecule has 1 fully saturated rings. The van der Waals surface area contributed by atoms with Gasteiger partial charge in [0.15, 0.2) is 0 Å². The number of fused-ring (bicyclic) bond motifs is 2. The van der Waals surface area contributed by atoms with Gasteiger partial charge in [0.1, 0.15) is 5.01 Å². The second kappa shape index (κ2) is 5.68. The fourth-order valence-electron chi connectivity index (χ4n) is 3.04. The molecule has 0 saturated carbocycles. The van der Waals surface area contributed by atoms with Gasteiger partial charge in [-0.25, -0.2) is 4.98 Å². The predicted molar refractivity (Wildman–Crippen MR) is 90.7 cm³/mol. The number of hydrogen-bond acceptors (Lipinski definition) is 5. The van der Waals surface area contributed by atoms with E-state index in [9.17, 15) is 4.79 Å². The molecule has 3 heterocycles. The van der Waals surface area contributed by atoms with Gasteiger partial charge >= 0.3 is 0 Å². The number of allylic oxidation sites excluding steroid dienone is 1. The standard InChI is InChI=1S/C16H16N2O2S2/c1-9(19)17-15-14(10-6-7-20-8-13(10)22-15)16-18-11-4-2-3-5-12(11)21-16/h2-5,10,13H,6-8H2,1H3,(H,17,19). The molecule has 114 valence electrons. The molecule has 1 N–H and O–H groups in total. The van der Waals surface area contributed by atoms with Crippen molar-refractivity contribution >= 4 is 44.8 Å². The Morgan fingerprint density at radius 1 is 1.41 bits per heavy atom. The van der Waals surface area contributed by atoms with Gasteiger partial charge in [-0.2, -0.15) is 0 Å². The lowest BCUT2D eigenvalue weighted by Gasteiger charge is -2.25. The summed E-state index contributed by atoms with van der Waals surface area (Å²) in [7, 11) is 0. The summed E-state index contributed by atoms with van der Waals surface area (Å²) in [6.07, 6.45) is 0.992. The van der Waals surface area contributed by atoms with E-state index in [0.29, 0.717) is 11.2 Å².